The quantitative estimate of drug-likeness (QED) is 0.338. The summed E-state index contributed by atoms with van der Waals surface area (Å²) in [7, 11) is 8.99. The third-order valence-electron chi connectivity index (χ3n) is 5.59. The van der Waals surface area contributed by atoms with Gasteiger partial charge in [-0.2, -0.15) is 0 Å². The molecule has 2 N–H and O–H groups in total. The van der Waals surface area contributed by atoms with Crippen LogP contribution in [0.15, 0.2) is 67.0 Å². The Morgan fingerprint density at radius 2 is 1.83 bits per heavy atom. The number of nitrogens with zero attached hydrogens (tertiary/aromatic N) is 4. The summed E-state index contributed by atoms with van der Waals surface area (Å²) in [5.74, 6) is 1.12. The standard InChI is InChI=1S/C27H30N6O3/c1-32(2)14-8-11-26(34)29-21-15-22(25(36-5)16-24(21)35-4)31-27-28-13-12-20(30-27)19-17-33(3)23-10-7-6-9-18(19)23/h6-13,15-17H,14H2,1-5H3,(H,29,34)(H,28,30,31). The minimum atomic E-state index is -0.263. The van der Waals surface area contributed by atoms with E-state index in [1.54, 1.807) is 31.5 Å². The Hall–Kier alpha value is -4.37. The van der Waals surface area contributed by atoms with Crippen molar-refractivity contribution in [1.29, 1.82) is 0 Å². The number of para-hydroxylation sites is 1. The average molecular weight is 487 g/mol. The van der Waals surface area contributed by atoms with Crippen molar-refractivity contribution in [2.24, 2.45) is 7.05 Å². The van der Waals surface area contributed by atoms with E-state index in [4.69, 9.17) is 14.5 Å². The Kier molecular flexibility index (Phi) is 7.50. The minimum absolute atomic E-state index is 0.263. The zero-order valence-corrected chi connectivity index (χ0v) is 21.1. The zero-order chi connectivity index (χ0) is 25.7. The number of nitrogens with one attached hydrogen (secondary N) is 2. The molecule has 186 valence electrons. The number of benzene rings is 2. The molecule has 4 aromatic rings. The van der Waals surface area contributed by atoms with Crippen molar-refractivity contribution in [2.75, 3.05) is 45.5 Å². The number of carbonyl (C=O) groups is 1. The minimum Gasteiger partial charge on any atom is -0.494 e. The monoisotopic (exact) mass is 486 g/mol. The molecule has 9 heteroatoms. The third kappa shape index (κ3) is 5.47. The summed E-state index contributed by atoms with van der Waals surface area (Å²) in [6.45, 7) is 0.657. The van der Waals surface area contributed by atoms with Gasteiger partial charge in [-0.25, -0.2) is 9.97 Å². The van der Waals surface area contributed by atoms with E-state index in [1.165, 1.54) is 13.2 Å². The topological polar surface area (TPSA) is 93.5 Å². The molecule has 0 radical (unpaired) electrons. The highest BCUT2D eigenvalue weighted by molar-refractivity contribution is 6.01. The second-order valence-electron chi connectivity index (χ2n) is 8.47. The van der Waals surface area contributed by atoms with Crippen molar-refractivity contribution < 1.29 is 14.3 Å². The van der Waals surface area contributed by atoms with Crippen molar-refractivity contribution in [3.63, 3.8) is 0 Å². The van der Waals surface area contributed by atoms with Gasteiger partial charge in [0.15, 0.2) is 0 Å². The number of amides is 1. The molecule has 2 aromatic heterocycles. The number of methoxy groups -OCH3 is 2. The van der Waals surface area contributed by atoms with Gasteiger partial charge in [-0.05, 0) is 32.3 Å². The summed E-state index contributed by atoms with van der Waals surface area (Å²) < 4.78 is 13.1. The normalized spacial score (nSPS) is 11.3. The summed E-state index contributed by atoms with van der Waals surface area (Å²) >= 11 is 0. The van der Waals surface area contributed by atoms with E-state index in [9.17, 15) is 4.79 Å². The van der Waals surface area contributed by atoms with Gasteiger partial charge in [0, 0.05) is 54.6 Å². The number of ether oxygens (including phenoxy) is 2. The first-order valence-corrected chi connectivity index (χ1v) is 11.4. The maximum Gasteiger partial charge on any atom is 0.248 e. The predicted octanol–water partition coefficient (Wildman–Crippen LogP) is 4.45. The molecule has 0 aliphatic carbocycles. The van der Waals surface area contributed by atoms with E-state index in [0.29, 0.717) is 35.4 Å². The van der Waals surface area contributed by atoms with Crippen LogP contribution in [0.25, 0.3) is 22.2 Å². The molecule has 1 amide bonds. The van der Waals surface area contributed by atoms with E-state index < -0.39 is 0 Å². The van der Waals surface area contributed by atoms with Crippen molar-refractivity contribution >= 4 is 34.1 Å². The van der Waals surface area contributed by atoms with Gasteiger partial charge in [0.25, 0.3) is 0 Å². The first-order chi connectivity index (χ1) is 17.4. The summed E-state index contributed by atoms with van der Waals surface area (Å²) in [4.78, 5) is 23.5. The number of rotatable bonds is 9. The highest BCUT2D eigenvalue weighted by Gasteiger charge is 2.15. The molecule has 4 rings (SSSR count). The SMILES string of the molecule is COc1cc(OC)c(Nc2nccc(-c3cn(C)c4ccccc34)n2)cc1NC(=O)C=CCN(C)C. The van der Waals surface area contributed by atoms with Crippen LogP contribution in [0.5, 0.6) is 11.5 Å². The Bertz CT molecular complexity index is 1410. The van der Waals surface area contributed by atoms with E-state index in [2.05, 4.69) is 38.5 Å². The second kappa shape index (κ2) is 10.9. The first-order valence-electron chi connectivity index (χ1n) is 11.4. The average Bonchev–Trinajstić information content (AvgIpc) is 3.21. The van der Waals surface area contributed by atoms with Crippen LogP contribution in [0.3, 0.4) is 0 Å². The lowest BCUT2D eigenvalue weighted by Gasteiger charge is -2.16. The van der Waals surface area contributed by atoms with Gasteiger partial charge in [0.05, 0.1) is 31.3 Å². The fourth-order valence-electron chi connectivity index (χ4n) is 3.87. The van der Waals surface area contributed by atoms with Gasteiger partial charge in [-0.15, -0.1) is 0 Å². The van der Waals surface area contributed by atoms with Crippen LogP contribution in [0.2, 0.25) is 0 Å². The van der Waals surface area contributed by atoms with Crippen LogP contribution < -0.4 is 20.1 Å². The van der Waals surface area contributed by atoms with Crippen LogP contribution in [-0.4, -0.2) is 60.2 Å². The summed E-state index contributed by atoms with van der Waals surface area (Å²) in [6.07, 6.45) is 7.05. The maximum absolute atomic E-state index is 12.4. The number of aromatic nitrogens is 3. The van der Waals surface area contributed by atoms with Gasteiger partial charge in [-0.1, -0.05) is 24.3 Å². The van der Waals surface area contributed by atoms with Crippen LogP contribution in [-0.2, 0) is 11.8 Å². The fraction of sp³-hybridized carbons (Fsp3) is 0.222. The lowest BCUT2D eigenvalue weighted by Crippen LogP contribution is -2.13. The van der Waals surface area contributed by atoms with Crippen LogP contribution in [0, 0.1) is 0 Å². The molecule has 0 bridgehead atoms. The molecule has 36 heavy (non-hydrogen) atoms. The molecule has 2 aromatic carbocycles. The van der Waals surface area contributed by atoms with Crippen LogP contribution >= 0.6 is 0 Å². The molecular formula is C27H30N6O3. The largest absolute Gasteiger partial charge is 0.494 e. The van der Waals surface area contributed by atoms with Gasteiger partial charge in [-0.3, -0.25) is 4.79 Å². The number of likely N-dealkylation sites (N-methyl/N-ethyl adjacent to an activating group) is 1. The number of aryl methyl sites for hydroxylation is 1. The highest BCUT2D eigenvalue weighted by Crippen LogP contribution is 2.38. The lowest BCUT2D eigenvalue weighted by atomic mass is 10.1. The molecule has 2 heterocycles. The van der Waals surface area contributed by atoms with Crippen LogP contribution in [0.1, 0.15) is 0 Å². The fourth-order valence-corrected chi connectivity index (χ4v) is 3.87. The zero-order valence-electron chi connectivity index (χ0n) is 21.1. The summed E-state index contributed by atoms with van der Waals surface area (Å²) in [5, 5.41) is 7.20. The Labute approximate surface area is 210 Å². The van der Waals surface area contributed by atoms with Gasteiger partial charge in [0.1, 0.15) is 11.5 Å². The smallest absolute Gasteiger partial charge is 0.248 e. The molecular weight excluding hydrogens is 456 g/mol. The number of fused-ring (bicyclic) bond motifs is 1. The van der Waals surface area contributed by atoms with E-state index >= 15 is 0 Å². The molecule has 0 aliphatic rings. The van der Waals surface area contributed by atoms with Gasteiger partial charge in [0.2, 0.25) is 11.9 Å². The number of hydrogen-bond donors (Lipinski definition) is 2. The van der Waals surface area contributed by atoms with Crippen molar-refractivity contribution in [1.82, 2.24) is 19.4 Å². The molecule has 0 aliphatic heterocycles. The first kappa shape index (κ1) is 24.7. The Morgan fingerprint density at radius 3 is 2.58 bits per heavy atom. The molecule has 0 atom stereocenters. The van der Waals surface area contributed by atoms with Crippen molar-refractivity contribution in [3.8, 4) is 22.8 Å². The molecule has 0 saturated heterocycles. The van der Waals surface area contributed by atoms with Crippen molar-refractivity contribution in [2.45, 2.75) is 0 Å². The Morgan fingerprint density at radius 1 is 1.08 bits per heavy atom. The Balaban J connectivity index is 1.64. The summed E-state index contributed by atoms with van der Waals surface area (Å²) in [6, 6.07) is 13.5. The predicted molar refractivity (Wildman–Crippen MR) is 143 cm³/mol. The lowest BCUT2D eigenvalue weighted by molar-refractivity contribution is -0.111. The van der Waals surface area contributed by atoms with E-state index in [0.717, 1.165) is 22.2 Å². The summed E-state index contributed by atoms with van der Waals surface area (Å²) in [5.41, 5.74) is 4.00. The number of carbonyl (C=O) groups excluding carboxylic acids is 1. The highest BCUT2D eigenvalue weighted by atomic mass is 16.5. The molecule has 0 unspecified atom stereocenters. The molecule has 0 spiro atoms. The second-order valence-corrected chi connectivity index (χ2v) is 8.47. The number of anilines is 3. The van der Waals surface area contributed by atoms with Crippen molar-refractivity contribution in [3.05, 3.63) is 67.0 Å². The number of hydrogen-bond acceptors (Lipinski definition) is 7. The van der Waals surface area contributed by atoms with E-state index in [-0.39, 0.29) is 5.91 Å². The van der Waals surface area contributed by atoms with Gasteiger partial charge < -0.3 is 29.6 Å². The van der Waals surface area contributed by atoms with Crippen LogP contribution in [0.4, 0.5) is 17.3 Å². The van der Waals surface area contributed by atoms with Gasteiger partial charge >= 0.3 is 0 Å². The third-order valence-corrected chi connectivity index (χ3v) is 5.59. The van der Waals surface area contributed by atoms with E-state index in [1.807, 2.05) is 44.2 Å². The maximum atomic E-state index is 12.4. The molecule has 0 saturated carbocycles. The molecule has 0 fully saturated rings. The molecule has 9 nitrogen and oxygen atoms in total.